The summed E-state index contributed by atoms with van der Waals surface area (Å²) in [6.07, 6.45) is 6.37. The van der Waals surface area contributed by atoms with E-state index in [-0.39, 0.29) is 5.91 Å². The topological polar surface area (TPSA) is 70.2 Å². The zero-order valence-electron chi connectivity index (χ0n) is 11.4. The highest BCUT2D eigenvalue weighted by Gasteiger charge is 2.15. The van der Waals surface area contributed by atoms with Crippen molar-refractivity contribution in [2.24, 2.45) is 0 Å². The summed E-state index contributed by atoms with van der Waals surface area (Å²) in [5, 5.41) is 9.90. The number of nitrogens with zero attached hydrogens (tertiary/aromatic N) is 2. The van der Waals surface area contributed by atoms with Gasteiger partial charge in [-0.05, 0) is 25.9 Å². The zero-order valence-corrected chi connectivity index (χ0v) is 11.4. The molecule has 0 aliphatic carbocycles. The first kappa shape index (κ1) is 14.0. The molecule has 0 unspecified atom stereocenters. The van der Waals surface area contributed by atoms with E-state index < -0.39 is 0 Å². The lowest BCUT2D eigenvalue weighted by Gasteiger charge is -2.23. The van der Waals surface area contributed by atoms with E-state index in [0.717, 1.165) is 31.5 Å². The van der Waals surface area contributed by atoms with Gasteiger partial charge < -0.3 is 15.0 Å². The third-order valence-electron chi connectivity index (χ3n) is 3.36. The molecule has 0 spiro atoms. The smallest absolute Gasteiger partial charge is 0.224 e. The van der Waals surface area contributed by atoms with Crippen LogP contribution < -0.4 is 5.32 Å². The molecule has 1 fully saturated rings. The lowest BCUT2D eigenvalue weighted by molar-refractivity contribution is -0.132. The summed E-state index contributed by atoms with van der Waals surface area (Å²) in [5.74, 6) is 0.107. The second-order valence-electron chi connectivity index (χ2n) is 4.93. The number of hydrogen-bond acceptors (Lipinski definition) is 4. The van der Waals surface area contributed by atoms with Crippen molar-refractivity contribution in [2.75, 3.05) is 26.7 Å². The maximum atomic E-state index is 11.9. The van der Waals surface area contributed by atoms with Crippen LogP contribution in [0.5, 0.6) is 0 Å². The second kappa shape index (κ2) is 7.25. The first-order valence-electron chi connectivity index (χ1n) is 6.79. The fourth-order valence-corrected chi connectivity index (χ4v) is 2.19. The Labute approximate surface area is 113 Å². The Morgan fingerprint density at radius 1 is 1.53 bits per heavy atom. The Morgan fingerprint density at radius 2 is 2.32 bits per heavy atom. The van der Waals surface area contributed by atoms with Gasteiger partial charge in [0.05, 0.1) is 25.3 Å². The number of aromatic nitrogens is 2. The number of carbonyl (C=O) groups excluding carboxylic acids is 1. The van der Waals surface area contributed by atoms with Crippen LogP contribution in [0.4, 0.5) is 0 Å². The minimum Gasteiger partial charge on any atom is -0.378 e. The van der Waals surface area contributed by atoms with E-state index in [2.05, 4.69) is 15.5 Å². The number of rotatable bonds is 6. The Bertz CT molecular complexity index is 374. The van der Waals surface area contributed by atoms with Crippen molar-refractivity contribution in [3.05, 3.63) is 18.0 Å². The van der Waals surface area contributed by atoms with Crippen LogP contribution in [0.1, 0.15) is 24.8 Å². The molecule has 2 heterocycles. The van der Waals surface area contributed by atoms with Gasteiger partial charge in [0.15, 0.2) is 0 Å². The van der Waals surface area contributed by atoms with E-state index in [4.69, 9.17) is 4.74 Å². The van der Waals surface area contributed by atoms with E-state index in [9.17, 15) is 4.79 Å². The highest BCUT2D eigenvalue weighted by atomic mass is 16.5. The number of piperidine rings is 1. The Kier molecular flexibility index (Phi) is 5.35. The molecular weight excluding hydrogens is 244 g/mol. The van der Waals surface area contributed by atoms with Crippen LogP contribution >= 0.6 is 0 Å². The van der Waals surface area contributed by atoms with Crippen LogP contribution in [0.2, 0.25) is 0 Å². The minimum absolute atomic E-state index is 0.107. The first-order valence-corrected chi connectivity index (χ1v) is 6.79. The average molecular weight is 266 g/mol. The van der Waals surface area contributed by atoms with Crippen LogP contribution in [0.15, 0.2) is 12.4 Å². The van der Waals surface area contributed by atoms with E-state index in [1.54, 1.807) is 24.3 Å². The fourth-order valence-electron chi connectivity index (χ4n) is 2.19. The molecule has 1 saturated heterocycles. The van der Waals surface area contributed by atoms with E-state index in [1.807, 2.05) is 0 Å². The second-order valence-corrected chi connectivity index (χ2v) is 4.93. The van der Waals surface area contributed by atoms with Crippen molar-refractivity contribution in [2.45, 2.75) is 31.9 Å². The summed E-state index contributed by atoms with van der Waals surface area (Å²) in [4.78, 5) is 13.6. The quantitative estimate of drug-likeness (QED) is 0.788. The molecule has 1 aliphatic heterocycles. The molecule has 2 N–H and O–H groups in total. The van der Waals surface area contributed by atoms with Gasteiger partial charge in [-0.3, -0.25) is 9.89 Å². The van der Waals surface area contributed by atoms with Crippen molar-refractivity contribution >= 4 is 5.91 Å². The first-order chi connectivity index (χ1) is 9.25. The SMILES string of the molecule is CN(Cc1cn[nH]c1)C(=O)CCOC1CCNCC1. The summed E-state index contributed by atoms with van der Waals surface area (Å²) in [6, 6.07) is 0. The summed E-state index contributed by atoms with van der Waals surface area (Å²) in [6.45, 7) is 3.12. The summed E-state index contributed by atoms with van der Waals surface area (Å²) in [7, 11) is 1.81. The lowest BCUT2D eigenvalue weighted by Crippen LogP contribution is -2.33. The molecule has 1 aromatic heterocycles. The highest BCUT2D eigenvalue weighted by Crippen LogP contribution is 2.08. The number of hydrogen-bond donors (Lipinski definition) is 2. The highest BCUT2D eigenvalue weighted by molar-refractivity contribution is 5.75. The lowest BCUT2D eigenvalue weighted by atomic mass is 10.1. The third-order valence-corrected chi connectivity index (χ3v) is 3.36. The van der Waals surface area contributed by atoms with Crippen LogP contribution in [0, 0.1) is 0 Å². The van der Waals surface area contributed by atoms with Crippen LogP contribution in [-0.2, 0) is 16.1 Å². The number of ether oxygens (including phenoxy) is 1. The van der Waals surface area contributed by atoms with Gasteiger partial charge in [-0.25, -0.2) is 0 Å². The van der Waals surface area contributed by atoms with E-state index in [0.29, 0.717) is 25.7 Å². The van der Waals surface area contributed by atoms with Crippen molar-refractivity contribution in [3.8, 4) is 0 Å². The Balaban J connectivity index is 1.63. The van der Waals surface area contributed by atoms with Gasteiger partial charge in [0.25, 0.3) is 0 Å². The van der Waals surface area contributed by atoms with Gasteiger partial charge in [0, 0.05) is 25.4 Å². The normalized spacial score (nSPS) is 16.5. The minimum atomic E-state index is 0.107. The van der Waals surface area contributed by atoms with Crippen LogP contribution in [0.3, 0.4) is 0 Å². The molecule has 6 heteroatoms. The molecule has 0 saturated carbocycles. The molecule has 2 rings (SSSR count). The molecule has 0 atom stereocenters. The molecule has 0 aromatic carbocycles. The molecule has 1 aromatic rings. The van der Waals surface area contributed by atoms with Gasteiger partial charge in [0.1, 0.15) is 0 Å². The van der Waals surface area contributed by atoms with E-state index >= 15 is 0 Å². The maximum absolute atomic E-state index is 11.9. The summed E-state index contributed by atoms with van der Waals surface area (Å²) in [5.41, 5.74) is 1.01. The van der Waals surface area contributed by atoms with E-state index in [1.165, 1.54) is 0 Å². The van der Waals surface area contributed by atoms with Gasteiger partial charge >= 0.3 is 0 Å². The number of H-pyrrole nitrogens is 1. The monoisotopic (exact) mass is 266 g/mol. The fraction of sp³-hybridized carbons (Fsp3) is 0.692. The number of nitrogens with one attached hydrogen (secondary N) is 2. The van der Waals surface area contributed by atoms with Crippen LogP contribution in [-0.4, -0.2) is 53.9 Å². The van der Waals surface area contributed by atoms with Gasteiger partial charge in [-0.15, -0.1) is 0 Å². The maximum Gasteiger partial charge on any atom is 0.224 e. The predicted molar refractivity (Wildman–Crippen MR) is 71.5 cm³/mol. The van der Waals surface area contributed by atoms with Gasteiger partial charge in [-0.2, -0.15) is 5.10 Å². The third kappa shape index (κ3) is 4.65. The number of amides is 1. The average Bonchev–Trinajstić information content (AvgIpc) is 2.92. The summed E-state index contributed by atoms with van der Waals surface area (Å²) < 4.78 is 5.73. The molecule has 19 heavy (non-hydrogen) atoms. The Morgan fingerprint density at radius 3 is 3.00 bits per heavy atom. The summed E-state index contributed by atoms with van der Waals surface area (Å²) >= 11 is 0. The van der Waals surface area contributed by atoms with Crippen molar-refractivity contribution in [1.29, 1.82) is 0 Å². The largest absolute Gasteiger partial charge is 0.378 e. The van der Waals surface area contributed by atoms with Crippen molar-refractivity contribution in [1.82, 2.24) is 20.4 Å². The molecule has 106 valence electrons. The molecule has 1 aliphatic rings. The predicted octanol–water partition coefficient (Wildman–Crippen LogP) is 0.527. The molecular formula is C13H22N4O2. The zero-order chi connectivity index (χ0) is 13.5. The number of aromatic amines is 1. The van der Waals surface area contributed by atoms with Crippen LogP contribution in [0.25, 0.3) is 0 Å². The molecule has 0 bridgehead atoms. The van der Waals surface area contributed by atoms with Crippen molar-refractivity contribution < 1.29 is 9.53 Å². The number of carbonyl (C=O) groups is 1. The molecule has 1 amide bonds. The van der Waals surface area contributed by atoms with Gasteiger partial charge in [-0.1, -0.05) is 0 Å². The molecule has 6 nitrogen and oxygen atoms in total. The standard InChI is InChI=1S/C13H22N4O2/c1-17(10-11-8-15-16-9-11)13(18)4-7-19-12-2-5-14-6-3-12/h8-9,12,14H,2-7,10H2,1H3,(H,15,16). The Hall–Kier alpha value is -1.40. The van der Waals surface area contributed by atoms with Crippen molar-refractivity contribution in [3.63, 3.8) is 0 Å². The molecule has 0 radical (unpaired) electrons. The van der Waals surface area contributed by atoms with Gasteiger partial charge in [0.2, 0.25) is 5.91 Å².